The third kappa shape index (κ3) is 3.35. The van der Waals surface area contributed by atoms with Gasteiger partial charge in [0.15, 0.2) is 0 Å². The molecule has 0 radical (unpaired) electrons. The van der Waals surface area contributed by atoms with Gasteiger partial charge in [-0.05, 0) is 18.1 Å². The van der Waals surface area contributed by atoms with Crippen LogP contribution in [-0.2, 0) is 16.0 Å². The summed E-state index contributed by atoms with van der Waals surface area (Å²) < 4.78 is 10.7. The highest BCUT2D eigenvalue weighted by molar-refractivity contribution is 5.76. The van der Waals surface area contributed by atoms with E-state index in [1.165, 1.54) is 7.11 Å². The second kappa shape index (κ2) is 6.38. The Hall–Kier alpha value is -1.81. The fourth-order valence-corrected chi connectivity index (χ4v) is 2.24. The second-order valence-electron chi connectivity index (χ2n) is 4.56. The molecule has 1 heterocycles. The SMILES string of the molecule is C=CCc1ccccc1OC1CNC(C(=O)OC)C1. The van der Waals surface area contributed by atoms with Gasteiger partial charge in [-0.25, -0.2) is 0 Å². The fourth-order valence-electron chi connectivity index (χ4n) is 2.24. The van der Waals surface area contributed by atoms with E-state index in [0.717, 1.165) is 17.7 Å². The summed E-state index contributed by atoms with van der Waals surface area (Å²) in [6.45, 7) is 4.40. The van der Waals surface area contributed by atoms with Gasteiger partial charge in [0.1, 0.15) is 17.9 Å². The largest absolute Gasteiger partial charge is 0.489 e. The number of ether oxygens (including phenoxy) is 2. The van der Waals surface area contributed by atoms with Crippen molar-refractivity contribution in [1.29, 1.82) is 0 Å². The van der Waals surface area contributed by atoms with Gasteiger partial charge in [0.05, 0.1) is 7.11 Å². The first-order valence-electron chi connectivity index (χ1n) is 6.41. The van der Waals surface area contributed by atoms with Crippen LogP contribution in [0.4, 0.5) is 0 Å². The lowest BCUT2D eigenvalue weighted by molar-refractivity contribution is -0.142. The van der Waals surface area contributed by atoms with Gasteiger partial charge in [-0.2, -0.15) is 0 Å². The Bertz CT molecular complexity index is 458. The van der Waals surface area contributed by atoms with Crippen LogP contribution in [0, 0.1) is 0 Å². The maximum Gasteiger partial charge on any atom is 0.323 e. The number of allylic oxidation sites excluding steroid dienone is 1. The van der Waals surface area contributed by atoms with Crippen molar-refractivity contribution >= 4 is 5.97 Å². The minimum Gasteiger partial charge on any atom is -0.489 e. The molecule has 1 aromatic rings. The van der Waals surface area contributed by atoms with E-state index < -0.39 is 0 Å². The predicted molar refractivity (Wildman–Crippen MR) is 73.2 cm³/mol. The van der Waals surface area contributed by atoms with Crippen LogP contribution in [0.5, 0.6) is 5.75 Å². The molecule has 0 aromatic heterocycles. The molecule has 0 aliphatic carbocycles. The molecule has 2 rings (SSSR count). The number of rotatable bonds is 5. The van der Waals surface area contributed by atoms with Gasteiger partial charge >= 0.3 is 5.97 Å². The molecule has 2 unspecified atom stereocenters. The lowest BCUT2D eigenvalue weighted by Crippen LogP contribution is -2.31. The molecule has 2 atom stereocenters. The van der Waals surface area contributed by atoms with Crippen LogP contribution in [0.2, 0.25) is 0 Å². The van der Waals surface area contributed by atoms with Gasteiger partial charge in [0, 0.05) is 13.0 Å². The van der Waals surface area contributed by atoms with Crippen LogP contribution in [0.15, 0.2) is 36.9 Å². The van der Waals surface area contributed by atoms with Crippen LogP contribution >= 0.6 is 0 Å². The molecule has 1 N–H and O–H groups in total. The van der Waals surface area contributed by atoms with Gasteiger partial charge in [0.2, 0.25) is 0 Å². The number of hydrogen-bond donors (Lipinski definition) is 1. The van der Waals surface area contributed by atoms with Crippen molar-refractivity contribution in [2.24, 2.45) is 0 Å². The molecule has 0 bridgehead atoms. The maximum absolute atomic E-state index is 11.4. The number of para-hydroxylation sites is 1. The third-order valence-electron chi connectivity index (χ3n) is 3.21. The quantitative estimate of drug-likeness (QED) is 0.647. The van der Waals surface area contributed by atoms with Gasteiger partial charge in [-0.3, -0.25) is 4.79 Å². The molecule has 0 amide bonds. The Morgan fingerprint density at radius 3 is 3.05 bits per heavy atom. The number of carbonyl (C=O) groups is 1. The summed E-state index contributed by atoms with van der Waals surface area (Å²) in [5.41, 5.74) is 1.11. The molecule has 1 aliphatic heterocycles. The van der Waals surface area contributed by atoms with Crippen LogP contribution in [0.1, 0.15) is 12.0 Å². The highest BCUT2D eigenvalue weighted by Crippen LogP contribution is 2.23. The Balaban J connectivity index is 1.99. The Kier molecular flexibility index (Phi) is 4.58. The molecule has 1 saturated heterocycles. The minimum absolute atomic E-state index is 0.00457. The summed E-state index contributed by atoms with van der Waals surface area (Å²) in [6, 6.07) is 7.64. The molecule has 4 heteroatoms. The summed E-state index contributed by atoms with van der Waals surface area (Å²) in [5.74, 6) is 0.630. The van der Waals surface area contributed by atoms with Crippen molar-refractivity contribution < 1.29 is 14.3 Å². The molecule has 4 nitrogen and oxygen atoms in total. The lowest BCUT2D eigenvalue weighted by atomic mass is 10.1. The van der Waals surface area contributed by atoms with Gasteiger partial charge in [-0.1, -0.05) is 24.3 Å². The number of carbonyl (C=O) groups excluding carboxylic acids is 1. The van der Waals surface area contributed by atoms with E-state index in [1.54, 1.807) is 0 Å². The molecule has 1 aromatic carbocycles. The Labute approximate surface area is 113 Å². The van der Waals surface area contributed by atoms with Gasteiger partial charge in [0.25, 0.3) is 0 Å². The normalized spacial score (nSPS) is 21.9. The molecule has 0 saturated carbocycles. The molecule has 1 aliphatic rings. The Morgan fingerprint density at radius 1 is 1.53 bits per heavy atom. The van der Waals surface area contributed by atoms with E-state index >= 15 is 0 Å². The zero-order chi connectivity index (χ0) is 13.7. The smallest absolute Gasteiger partial charge is 0.323 e. The molecule has 19 heavy (non-hydrogen) atoms. The summed E-state index contributed by atoms with van der Waals surface area (Å²) in [6.07, 6.45) is 3.26. The third-order valence-corrected chi connectivity index (χ3v) is 3.21. The van der Waals surface area contributed by atoms with Crippen LogP contribution < -0.4 is 10.1 Å². The summed E-state index contributed by atoms with van der Waals surface area (Å²) in [7, 11) is 1.40. The molecular formula is C15H19NO3. The maximum atomic E-state index is 11.4. The first kappa shape index (κ1) is 13.6. The summed E-state index contributed by atoms with van der Waals surface area (Å²) in [5, 5.41) is 3.11. The average molecular weight is 261 g/mol. The van der Waals surface area contributed by atoms with E-state index in [2.05, 4.69) is 11.9 Å². The first-order chi connectivity index (χ1) is 9.24. The molecule has 1 fully saturated rings. The monoisotopic (exact) mass is 261 g/mol. The van der Waals surface area contributed by atoms with Crippen LogP contribution in [0.25, 0.3) is 0 Å². The summed E-state index contributed by atoms with van der Waals surface area (Å²) >= 11 is 0. The van der Waals surface area contributed by atoms with E-state index in [9.17, 15) is 4.79 Å². The zero-order valence-electron chi connectivity index (χ0n) is 11.1. The first-order valence-corrected chi connectivity index (χ1v) is 6.41. The van der Waals surface area contributed by atoms with Gasteiger partial charge in [-0.15, -0.1) is 6.58 Å². The Morgan fingerprint density at radius 2 is 2.32 bits per heavy atom. The van der Waals surface area contributed by atoms with Crippen molar-refractivity contribution in [3.05, 3.63) is 42.5 Å². The van der Waals surface area contributed by atoms with Crippen LogP contribution in [-0.4, -0.2) is 31.8 Å². The topological polar surface area (TPSA) is 47.6 Å². The highest BCUT2D eigenvalue weighted by Gasteiger charge is 2.31. The predicted octanol–water partition coefficient (Wildman–Crippen LogP) is 1.70. The van der Waals surface area contributed by atoms with Crippen molar-refractivity contribution in [3.8, 4) is 5.75 Å². The van der Waals surface area contributed by atoms with E-state index in [1.807, 2.05) is 30.3 Å². The molecule has 0 spiro atoms. The molecular weight excluding hydrogens is 242 g/mol. The van der Waals surface area contributed by atoms with Crippen molar-refractivity contribution in [3.63, 3.8) is 0 Å². The highest BCUT2D eigenvalue weighted by atomic mass is 16.5. The van der Waals surface area contributed by atoms with Gasteiger partial charge < -0.3 is 14.8 Å². The van der Waals surface area contributed by atoms with Crippen molar-refractivity contribution in [1.82, 2.24) is 5.32 Å². The van der Waals surface area contributed by atoms with E-state index in [0.29, 0.717) is 13.0 Å². The number of benzene rings is 1. The van der Waals surface area contributed by atoms with E-state index in [-0.39, 0.29) is 18.1 Å². The number of methoxy groups -OCH3 is 1. The fraction of sp³-hybridized carbons (Fsp3) is 0.400. The van der Waals surface area contributed by atoms with E-state index in [4.69, 9.17) is 9.47 Å². The average Bonchev–Trinajstić information content (AvgIpc) is 2.89. The number of esters is 1. The van der Waals surface area contributed by atoms with Crippen LogP contribution in [0.3, 0.4) is 0 Å². The number of hydrogen-bond acceptors (Lipinski definition) is 4. The molecule has 102 valence electrons. The second-order valence-corrected chi connectivity index (χ2v) is 4.56. The minimum atomic E-state index is -0.262. The van der Waals surface area contributed by atoms with Crippen molar-refractivity contribution in [2.45, 2.75) is 25.0 Å². The summed E-state index contributed by atoms with van der Waals surface area (Å²) in [4.78, 5) is 11.4. The zero-order valence-corrected chi connectivity index (χ0v) is 11.1. The van der Waals surface area contributed by atoms with Crippen molar-refractivity contribution in [2.75, 3.05) is 13.7 Å². The number of nitrogens with one attached hydrogen (secondary N) is 1. The standard InChI is InChI=1S/C15H19NO3/c1-3-6-11-7-4-5-8-14(11)19-12-9-13(16-10-12)15(17)18-2/h3-5,7-8,12-13,16H,1,6,9-10H2,2H3. The lowest BCUT2D eigenvalue weighted by Gasteiger charge is -2.15.